The maximum atomic E-state index is 6.50. The third-order valence-electron chi connectivity index (χ3n) is 6.13. The summed E-state index contributed by atoms with van der Waals surface area (Å²) in [5.41, 5.74) is 0.369. The van der Waals surface area contributed by atoms with Crippen LogP contribution in [-0.4, -0.2) is 17.6 Å². The molecule has 2 heteroatoms. The van der Waals surface area contributed by atoms with Gasteiger partial charge in [-0.25, -0.2) is 0 Å². The molecular weight excluding hydrogens is 244 g/mol. The zero-order valence-corrected chi connectivity index (χ0v) is 12.6. The van der Waals surface area contributed by atoms with Crippen molar-refractivity contribution in [3.63, 3.8) is 0 Å². The Kier molecular flexibility index (Phi) is 3.66. The van der Waals surface area contributed by atoms with Gasteiger partial charge in [0, 0.05) is 10.8 Å². The molecule has 5 unspecified atom stereocenters. The summed E-state index contributed by atoms with van der Waals surface area (Å²) in [5, 5.41) is 0.393. The van der Waals surface area contributed by atoms with Gasteiger partial charge in [-0.3, -0.25) is 0 Å². The molecule has 18 heavy (non-hydrogen) atoms. The summed E-state index contributed by atoms with van der Waals surface area (Å²) in [5.74, 6) is 1.71. The summed E-state index contributed by atoms with van der Waals surface area (Å²) in [6.07, 6.45) is 11.3. The molecule has 3 aliphatic carbocycles. The summed E-state index contributed by atoms with van der Waals surface area (Å²) in [7, 11) is 0. The van der Waals surface area contributed by atoms with E-state index in [4.69, 9.17) is 16.3 Å². The van der Waals surface area contributed by atoms with Gasteiger partial charge in [-0.05, 0) is 50.4 Å². The molecule has 1 spiro atoms. The predicted molar refractivity (Wildman–Crippen MR) is 76.0 cm³/mol. The minimum atomic E-state index is 0.369. The Hall–Kier alpha value is 0.250. The highest BCUT2D eigenvalue weighted by Crippen LogP contribution is 2.57. The number of alkyl halides is 1. The van der Waals surface area contributed by atoms with E-state index in [-0.39, 0.29) is 0 Å². The van der Waals surface area contributed by atoms with Gasteiger partial charge in [0.1, 0.15) is 0 Å². The zero-order valence-electron chi connectivity index (χ0n) is 11.8. The Balaban J connectivity index is 1.57. The molecule has 0 heterocycles. The van der Waals surface area contributed by atoms with E-state index in [1.807, 2.05) is 0 Å². The number of ether oxygens (including phenoxy) is 1. The van der Waals surface area contributed by atoms with Crippen LogP contribution in [0.1, 0.15) is 65.2 Å². The minimum absolute atomic E-state index is 0.369. The lowest BCUT2D eigenvalue weighted by Gasteiger charge is -2.53. The van der Waals surface area contributed by atoms with E-state index in [0.717, 1.165) is 18.3 Å². The van der Waals surface area contributed by atoms with Crippen LogP contribution in [0.2, 0.25) is 0 Å². The van der Waals surface area contributed by atoms with Crippen molar-refractivity contribution in [1.82, 2.24) is 0 Å². The quantitative estimate of drug-likeness (QED) is 0.657. The van der Waals surface area contributed by atoms with Gasteiger partial charge in [0.2, 0.25) is 0 Å². The molecule has 104 valence electrons. The van der Waals surface area contributed by atoms with Crippen LogP contribution in [0.5, 0.6) is 0 Å². The Morgan fingerprint density at radius 2 is 1.72 bits per heavy atom. The number of rotatable bonds is 2. The van der Waals surface area contributed by atoms with Crippen LogP contribution in [0.3, 0.4) is 0 Å². The van der Waals surface area contributed by atoms with Crippen LogP contribution in [0.15, 0.2) is 0 Å². The molecule has 0 saturated heterocycles. The normalized spacial score (nSPS) is 47.2. The molecule has 1 nitrogen and oxygen atoms in total. The van der Waals surface area contributed by atoms with Crippen LogP contribution in [-0.2, 0) is 4.74 Å². The molecule has 0 aromatic heterocycles. The highest BCUT2D eigenvalue weighted by Gasteiger charge is 2.56. The fourth-order valence-corrected chi connectivity index (χ4v) is 4.93. The number of hydrogen-bond donors (Lipinski definition) is 0. The largest absolute Gasteiger partial charge is 0.374 e. The summed E-state index contributed by atoms with van der Waals surface area (Å²) < 4.78 is 6.47. The predicted octanol–water partition coefficient (Wildman–Crippen LogP) is 4.77. The van der Waals surface area contributed by atoms with Crippen LogP contribution < -0.4 is 0 Å². The molecule has 0 N–H and O–H groups in total. The molecule has 5 atom stereocenters. The maximum absolute atomic E-state index is 6.50. The van der Waals surface area contributed by atoms with Gasteiger partial charge >= 0.3 is 0 Å². The van der Waals surface area contributed by atoms with E-state index in [1.165, 1.54) is 44.9 Å². The molecular formula is C16H27ClO. The highest BCUT2D eigenvalue weighted by molar-refractivity contribution is 6.21. The topological polar surface area (TPSA) is 9.23 Å². The molecule has 3 aliphatic rings. The first-order chi connectivity index (χ1) is 8.62. The zero-order chi connectivity index (χ0) is 12.8. The molecule has 0 amide bonds. The van der Waals surface area contributed by atoms with E-state index in [2.05, 4.69) is 13.8 Å². The van der Waals surface area contributed by atoms with Crippen molar-refractivity contribution >= 4 is 11.6 Å². The van der Waals surface area contributed by atoms with Crippen molar-refractivity contribution in [3.05, 3.63) is 0 Å². The summed E-state index contributed by atoms with van der Waals surface area (Å²) in [6.45, 7) is 4.77. The molecule has 0 aromatic rings. The van der Waals surface area contributed by atoms with Gasteiger partial charge in [0.25, 0.3) is 0 Å². The molecule has 0 aromatic carbocycles. The van der Waals surface area contributed by atoms with Gasteiger partial charge in [-0.2, -0.15) is 0 Å². The monoisotopic (exact) mass is 270 g/mol. The second-order valence-corrected chi connectivity index (χ2v) is 7.68. The maximum Gasteiger partial charge on any atom is 0.0663 e. The second kappa shape index (κ2) is 4.98. The van der Waals surface area contributed by atoms with Gasteiger partial charge < -0.3 is 4.74 Å². The smallest absolute Gasteiger partial charge is 0.0663 e. The lowest BCUT2D eigenvalue weighted by atomic mass is 9.64. The second-order valence-electron chi connectivity index (χ2n) is 7.16. The SMILES string of the molecule is CC1CCC(OC2CC(Cl)C23CCCC3)CC1C. The molecule has 0 radical (unpaired) electrons. The lowest BCUT2D eigenvalue weighted by Crippen LogP contribution is -2.55. The van der Waals surface area contributed by atoms with E-state index in [1.54, 1.807) is 0 Å². The third-order valence-corrected chi connectivity index (χ3v) is 6.74. The fraction of sp³-hybridized carbons (Fsp3) is 1.00. The number of halogens is 1. The summed E-state index contributed by atoms with van der Waals surface area (Å²) >= 11 is 6.50. The van der Waals surface area contributed by atoms with Crippen molar-refractivity contribution in [2.45, 2.75) is 82.8 Å². The Morgan fingerprint density at radius 1 is 1.00 bits per heavy atom. The summed E-state index contributed by atoms with van der Waals surface area (Å²) in [6, 6.07) is 0. The van der Waals surface area contributed by atoms with Crippen LogP contribution >= 0.6 is 11.6 Å². The molecule has 3 fully saturated rings. The Bertz CT molecular complexity index is 297. The number of hydrogen-bond acceptors (Lipinski definition) is 1. The Labute approximate surface area is 117 Å². The van der Waals surface area contributed by atoms with Gasteiger partial charge in [-0.15, -0.1) is 11.6 Å². The van der Waals surface area contributed by atoms with Crippen LogP contribution in [0.25, 0.3) is 0 Å². The van der Waals surface area contributed by atoms with Crippen molar-refractivity contribution in [1.29, 1.82) is 0 Å². The first kappa shape index (κ1) is 13.2. The fourth-order valence-electron chi connectivity index (χ4n) is 4.41. The van der Waals surface area contributed by atoms with Gasteiger partial charge in [0.15, 0.2) is 0 Å². The van der Waals surface area contributed by atoms with Crippen molar-refractivity contribution < 1.29 is 4.74 Å². The van der Waals surface area contributed by atoms with Crippen molar-refractivity contribution in [3.8, 4) is 0 Å². The van der Waals surface area contributed by atoms with E-state index >= 15 is 0 Å². The van der Waals surface area contributed by atoms with Crippen LogP contribution in [0, 0.1) is 17.3 Å². The average Bonchev–Trinajstić information content (AvgIpc) is 2.85. The van der Waals surface area contributed by atoms with E-state index in [9.17, 15) is 0 Å². The molecule has 0 aliphatic heterocycles. The Morgan fingerprint density at radius 3 is 2.33 bits per heavy atom. The first-order valence-electron chi connectivity index (χ1n) is 7.91. The van der Waals surface area contributed by atoms with E-state index in [0.29, 0.717) is 23.0 Å². The lowest BCUT2D eigenvalue weighted by molar-refractivity contribution is -0.150. The highest BCUT2D eigenvalue weighted by atomic mass is 35.5. The average molecular weight is 271 g/mol. The first-order valence-corrected chi connectivity index (χ1v) is 8.35. The minimum Gasteiger partial charge on any atom is -0.374 e. The third kappa shape index (κ3) is 2.12. The molecule has 3 rings (SSSR count). The van der Waals surface area contributed by atoms with Gasteiger partial charge in [0.05, 0.1) is 12.2 Å². The molecule has 0 bridgehead atoms. The standard InChI is InChI=1S/C16H27ClO/c1-11-5-6-13(9-12(11)2)18-15-10-14(17)16(15)7-3-4-8-16/h11-15H,3-10H2,1-2H3. The van der Waals surface area contributed by atoms with E-state index < -0.39 is 0 Å². The van der Waals surface area contributed by atoms with Gasteiger partial charge in [-0.1, -0.05) is 26.7 Å². The van der Waals surface area contributed by atoms with Crippen molar-refractivity contribution in [2.24, 2.45) is 17.3 Å². The van der Waals surface area contributed by atoms with Crippen molar-refractivity contribution in [2.75, 3.05) is 0 Å². The van der Waals surface area contributed by atoms with Crippen LogP contribution in [0.4, 0.5) is 0 Å². The molecule has 3 saturated carbocycles. The summed E-state index contributed by atoms with van der Waals surface area (Å²) in [4.78, 5) is 0.